The Morgan fingerprint density at radius 2 is 1.95 bits per heavy atom. The number of hydrogen-bond donors (Lipinski definition) is 1. The van der Waals surface area contributed by atoms with Gasteiger partial charge in [-0.3, -0.25) is 0 Å². The molecule has 0 saturated heterocycles. The van der Waals surface area contributed by atoms with Crippen LogP contribution in [0, 0.1) is 6.92 Å². The summed E-state index contributed by atoms with van der Waals surface area (Å²) in [5, 5.41) is 1.76. The fraction of sp³-hybridized carbons (Fsp3) is 0.400. The Morgan fingerprint density at radius 1 is 1.32 bits per heavy atom. The van der Waals surface area contributed by atoms with E-state index in [2.05, 4.69) is 18.8 Å². The highest BCUT2D eigenvalue weighted by Crippen LogP contribution is 2.29. The van der Waals surface area contributed by atoms with Gasteiger partial charge in [-0.2, -0.15) is 0 Å². The van der Waals surface area contributed by atoms with Gasteiger partial charge in [-0.25, -0.2) is 4.98 Å². The first-order valence-electron chi connectivity index (χ1n) is 6.42. The van der Waals surface area contributed by atoms with Crippen molar-refractivity contribution in [2.75, 3.05) is 0 Å². The van der Waals surface area contributed by atoms with Crippen LogP contribution in [0.4, 0.5) is 0 Å². The molecule has 2 rings (SSSR count). The van der Waals surface area contributed by atoms with Crippen molar-refractivity contribution in [2.45, 2.75) is 39.2 Å². The van der Waals surface area contributed by atoms with E-state index in [-0.39, 0.29) is 0 Å². The van der Waals surface area contributed by atoms with Crippen molar-refractivity contribution < 1.29 is 0 Å². The maximum Gasteiger partial charge on any atom is 0.113 e. The molecular formula is C15H19ClN2S. The zero-order chi connectivity index (χ0) is 14.0. The number of thiazole rings is 1. The van der Waals surface area contributed by atoms with E-state index < -0.39 is 5.54 Å². The Balaban J connectivity index is 2.23. The molecule has 0 radical (unpaired) electrons. The number of nitrogens with zero attached hydrogens (tertiary/aromatic N) is 1. The van der Waals surface area contributed by atoms with Crippen LogP contribution in [0.25, 0.3) is 0 Å². The zero-order valence-corrected chi connectivity index (χ0v) is 13.1. The molecule has 2 N–H and O–H groups in total. The summed E-state index contributed by atoms with van der Waals surface area (Å²) in [6, 6.07) is 7.85. The van der Waals surface area contributed by atoms with Gasteiger partial charge >= 0.3 is 0 Å². The first-order valence-corrected chi connectivity index (χ1v) is 7.62. The number of nitrogens with two attached hydrogens (primary N) is 1. The lowest BCUT2D eigenvalue weighted by Crippen LogP contribution is -2.35. The van der Waals surface area contributed by atoms with Crippen LogP contribution < -0.4 is 5.73 Å². The van der Waals surface area contributed by atoms with E-state index >= 15 is 0 Å². The highest BCUT2D eigenvalue weighted by molar-refractivity contribution is 7.11. The van der Waals surface area contributed by atoms with Crippen LogP contribution in [0.5, 0.6) is 0 Å². The van der Waals surface area contributed by atoms with Gasteiger partial charge in [-0.15, -0.1) is 11.3 Å². The van der Waals surface area contributed by atoms with Gasteiger partial charge in [0.25, 0.3) is 0 Å². The third kappa shape index (κ3) is 3.35. The van der Waals surface area contributed by atoms with Crippen molar-refractivity contribution in [2.24, 2.45) is 5.73 Å². The molecule has 4 heteroatoms. The van der Waals surface area contributed by atoms with Crippen molar-refractivity contribution in [3.63, 3.8) is 0 Å². The lowest BCUT2D eigenvalue weighted by Gasteiger charge is -2.22. The fourth-order valence-electron chi connectivity index (χ4n) is 2.10. The van der Waals surface area contributed by atoms with E-state index in [0.29, 0.717) is 0 Å². The molecule has 2 aromatic rings. The van der Waals surface area contributed by atoms with Crippen molar-refractivity contribution in [1.82, 2.24) is 4.98 Å². The molecule has 102 valence electrons. The smallest absolute Gasteiger partial charge is 0.113 e. The zero-order valence-electron chi connectivity index (χ0n) is 11.5. The summed E-state index contributed by atoms with van der Waals surface area (Å²) in [5.74, 6) is 0. The van der Waals surface area contributed by atoms with E-state index in [4.69, 9.17) is 17.3 Å². The van der Waals surface area contributed by atoms with Crippen LogP contribution in [-0.2, 0) is 18.4 Å². The van der Waals surface area contributed by atoms with Crippen LogP contribution in [0.15, 0.2) is 24.3 Å². The van der Waals surface area contributed by atoms with Gasteiger partial charge in [-0.1, -0.05) is 30.7 Å². The Hall–Kier alpha value is -0.900. The molecule has 1 aromatic carbocycles. The summed E-state index contributed by atoms with van der Waals surface area (Å²) >= 11 is 7.61. The standard InChI is InChI=1S/C15H19ClN2S/c1-4-13-10(2)19-14(18-13)15(3,17)9-11-5-7-12(16)8-6-11/h5-8H,4,9,17H2,1-3H3. The highest BCUT2D eigenvalue weighted by Gasteiger charge is 2.26. The van der Waals surface area contributed by atoms with Gasteiger partial charge in [0.05, 0.1) is 11.2 Å². The Kier molecular flexibility index (Phi) is 4.29. The summed E-state index contributed by atoms with van der Waals surface area (Å²) in [7, 11) is 0. The van der Waals surface area contributed by atoms with Crippen molar-refractivity contribution in [3.05, 3.63) is 50.4 Å². The van der Waals surface area contributed by atoms with Crippen LogP contribution in [0.3, 0.4) is 0 Å². The molecule has 0 fully saturated rings. The minimum Gasteiger partial charge on any atom is -0.319 e. The number of hydrogen-bond acceptors (Lipinski definition) is 3. The molecule has 0 spiro atoms. The Morgan fingerprint density at radius 3 is 2.47 bits per heavy atom. The second-order valence-electron chi connectivity index (χ2n) is 5.10. The fourth-order valence-corrected chi connectivity index (χ4v) is 3.29. The van der Waals surface area contributed by atoms with Gasteiger partial charge in [0.1, 0.15) is 5.01 Å². The van der Waals surface area contributed by atoms with Gasteiger partial charge in [0, 0.05) is 9.90 Å². The number of benzene rings is 1. The lowest BCUT2D eigenvalue weighted by atomic mass is 9.94. The maximum absolute atomic E-state index is 6.46. The van der Waals surface area contributed by atoms with Crippen molar-refractivity contribution >= 4 is 22.9 Å². The topological polar surface area (TPSA) is 38.9 Å². The van der Waals surface area contributed by atoms with E-state index in [1.54, 1.807) is 11.3 Å². The summed E-state index contributed by atoms with van der Waals surface area (Å²) in [6.07, 6.45) is 1.72. The molecule has 1 heterocycles. The second-order valence-corrected chi connectivity index (χ2v) is 6.74. The van der Waals surface area contributed by atoms with Gasteiger partial charge < -0.3 is 5.73 Å². The number of halogens is 1. The molecule has 19 heavy (non-hydrogen) atoms. The van der Waals surface area contributed by atoms with Gasteiger partial charge in [0.2, 0.25) is 0 Å². The number of rotatable bonds is 4. The highest BCUT2D eigenvalue weighted by atomic mass is 35.5. The molecule has 0 bridgehead atoms. The predicted molar refractivity (Wildman–Crippen MR) is 82.9 cm³/mol. The first-order chi connectivity index (χ1) is 8.92. The van der Waals surface area contributed by atoms with Gasteiger partial charge in [0.15, 0.2) is 0 Å². The monoisotopic (exact) mass is 294 g/mol. The molecule has 0 aliphatic carbocycles. The lowest BCUT2D eigenvalue weighted by molar-refractivity contribution is 0.487. The third-order valence-corrected chi connectivity index (χ3v) is 4.75. The summed E-state index contributed by atoms with van der Waals surface area (Å²) in [5.41, 5.74) is 8.37. The third-order valence-electron chi connectivity index (χ3n) is 3.20. The van der Waals surface area contributed by atoms with Gasteiger partial charge in [-0.05, 0) is 44.4 Å². The molecule has 1 atom stereocenters. The van der Waals surface area contributed by atoms with Crippen LogP contribution in [-0.4, -0.2) is 4.98 Å². The molecule has 0 aliphatic rings. The van der Waals surface area contributed by atoms with E-state index in [0.717, 1.165) is 28.6 Å². The molecular weight excluding hydrogens is 276 g/mol. The average Bonchev–Trinajstić information content (AvgIpc) is 2.74. The number of aromatic nitrogens is 1. The van der Waals surface area contributed by atoms with Crippen LogP contribution in [0.2, 0.25) is 5.02 Å². The maximum atomic E-state index is 6.46. The average molecular weight is 295 g/mol. The molecule has 1 unspecified atom stereocenters. The summed E-state index contributed by atoms with van der Waals surface area (Å²) < 4.78 is 0. The minimum atomic E-state index is -0.434. The second kappa shape index (κ2) is 5.61. The predicted octanol–water partition coefficient (Wildman–Crippen LogP) is 4.08. The quantitative estimate of drug-likeness (QED) is 0.922. The molecule has 2 nitrogen and oxygen atoms in total. The molecule has 1 aromatic heterocycles. The molecule has 0 aliphatic heterocycles. The van der Waals surface area contributed by atoms with E-state index in [1.165, 1.54) is 10.4 Å². The largest absolute Gasteiger partial charge is 0.319 e. The van der Waals surface area contributed by atoms with Crippen LogP contribution >= 0.6 is 22.9 Å². The first kappa shape index (κ1) is 14.5. The summed E-state index contributed by atoms with van der Waals surface area (Å²) in [4.78, 5) is 5.95. The molecule has 0 saturated carbocycles. The minimum absolute atomic E-state index is 0.434. The van der Waals surface area contributed by atoms with Crippen LogP contribution in [0.1, 0.15) is 35.0 Å². The number of aryl methyl sites for hydroxylation is 2. The van der Waals surface area contributed by atoms with Crippen molar-refractivity contribution in [3.8, 4) is 0 Å². The van der Waals surface area contributed by atoms with E-state index in [9.17, 15) is 0 Å². The SMILES string of the molecule is CCc1nc(C(C)(N)Cc2ccc(Cl)cc2)sc1C. The van der Waals surface area contributed by atoms with E-state index in [1.807, 2.05) is 31.2 Å². The summed E-state index contributed by atoms with van der Waals surface area (Å²) in [6.45, 7) is 6.27. The Labute approximate surface area is 123 Å². The molecule has 0 amide bonds. The van der Waals surface area contributed by atoms with Crippen molar-refractivity contribution in [1.29, 1.82) is 0 Å². The Bertz CT molecular complexity index is 558. The normalized spacial score (nSPS) is 14.4.